The Hall–Kier alpha value is -2.47. The monoisotopic (exact) mass is 271 g/mol. The lowest BCUT2D eigenvalue weighted by molar-refractivity contribution is -0.117. The van der Waals surface area contributed by atoms with E-state index < -0.39 is 6.04 Å². The fraction of sp³-hybridized carbons (Fsp3) is 0.214. The fourth-order valence-electron chi connectivity index (χ4n) is 1.77. The van der Waals surface area contributed by atoms with Gasteiger partial charge in [0.15, 0.2) is 5.82 Å². The molecule has 0 bridgehead atoms. The predicted molar refractivity (Wildman–Crippen MR) is 77.9 cm³/mol. The highest BCUT2D eigenvalue weighted by Gasteiger charge is 2.12. The Kier molecular flexibility index (Phi) is 4.27. The normalized spacial score (nSPS) is 11.9. The molecule has 6 heteroatoms. The molecular weight excluding hydrogens is 254 g/mol. The predicted octanol–water partition coefficient (Wildman–Crippen LogP) is 1.32. The minimum Gasteiger partial charge on any atom is -0.325 e. The molecule has 1 unspecified atom stereocenters. The van der Waals surface area contributed by atoms with E-state index >= 15 is 0 Å². The topological polar surface area (TPSA) is 85.8 Å². The van der Waals surface area contributed by atoms with Gasteiger partial charge in [-0.2, -0.15) is 0 Å². The second kappa shape index (κ2) is 6.12. The van der Waals surface area contributed by atoms with Crippen molar-refractivity contribution in [3.8, 4) is 11.4 Å². The lowest BCUT2D eigenvalue weighted by Crippen LogP contribution is -2.35. The third-order valence-electron chi connectivity index (χ3n) is 2.88. The minimum atomic E-state index is -0.578. The highest BCUT2D eigenvalue weighted by atomic mass is 16.2. The first-order valence-electron chi connectivity index (χ1n) is 6.23. The SMILES string of the molecule is C=CCC(N)C(=O)Nc1ccc(-c2nncn2C)cc1. The minimum absolute atomic E-state index is 0.226. The molecule has 0 aliphatic carbocycles. The smallest absolute Gasteiger partial charge is 0.241 e. The van der Waals surface area contributed by atoms with Gasteiger partial charge in [-0.15, -0.1) is 16.8 Å². The van der Waals surface area contributed by atoms with Crippen molar-refractivity contribution in [1.82, 2.24) is 14.8 Å². The van der Waals surface area contributed by atoms with Gasteiger partial charge in [0.2, 0.25) is 5.91 Å². The van der Waals surface area contributed by atoms with Crippen LogP contribution in [0, 0.1) is 0 Å². The van der Waals surface area contributed by atoms with Crippen molar-refractivity contribution in [1.29, 1.82) is 0 Å². The molecule has 1 amide bonds. The Morgan fingerprint density at radius 3 is 2.75 bits per heavy atom. The Morgan fingerprint density at radius 1 is 1.50 bits per heavy atom. The van der Waals surface area contributed by atoms with Crippen molar-refractivity contribution in [2.45, 2.75) is 12.5 Å². The number of hydrogen-bond donors (Lipinski definition) is 2. The Balaban J connectivity index is 2.07. The van der Waals surface area contributed by atoms with E-state index in [-0.39, 0.29) is 5.91 Å². The van der Waals surface area contributed by atoms with Crippen LogP contribution in [0.25, 0.3) is 11.4 Å². The van der Waals surface area contributed by atoms with Crippen molar-refractivity contribution in [2.24, 2.45) is 12.8 Å². The molecule has 0 aliphatic rings. The van der Waals surface area contributed by atoms with Crippen molar-refractivity contribution < 1.29 is 4.79 Å². The van der Waals surface area contributed by atoms with Crippen LogP contribution in [0.4, 0.5) is 5.69 Å². The van der Waals surface area contributed by atoms with Crippen molar-refractivity contribution in [3.63, 3.8) is 0 Å². The molecule has 6 nitrogen and oxygen atoms in total. The number of carbonyl (C=O) groups excluding carboxylic acids is 1. The second-order valence-corrected chi connectivity index (χ2v) is 4.46. The van der Waals surface area contributed by atoms with Gasteiger partial charge in [-0.3, -0.25) is 4.79 Å². The zero-order valence-electron chi connectivity index (χ0n) is 11.3. The summed E-state index contributed by atoms with van der Waals surface area (Å²) in [4.78, 5) is 11.8. The van der Waals surface area contributed by atoms with Crippen LogP contribution >= 0.6 is 0 Å². The van der Waals surface area contributed by atoms with Crippen molar-refractivity contribution in [2.75, 3.05) is 5.32 Å². The number of hydrogen-bond acceptors (Lipinski definition) is 4. The van der Waals surface area contributed by atoms with E-state index in [2.05, 4.69) is 22.1 Å². The van der Waals surface area contributed by atoms with Gasteiger partial charge in [0, 0.05) is 18.3 Å². The van der Waals surface area contributed by atoms with Gasteiger partial charge < -0.3 is 15.6 Å². The van der Waals surface area contributed by atoms with Gasteiger partial charge in [-0.25, -0.2) is 0 Å². The molecule has 0 aliphatic heterocycles. The summed E-state index contributed by atoms with van der Waals surface area (Å²) >= 11 is 0. The van der Waals surface area contributed by atoms with E-state index in [4.69, 9.17) is 5.73 Å². The standard InChI is InChI=1S/C14H17N5O/c1-3-4-12(15)14(20)17-11-7-5-10(6-8-11)13-18-16-9-19(13)2/h3,5-9,12H,1,4,15H2,2H3,(H,17,20). The summed E-state index contributed by atoms with van der Waals surface area (Å²) in [5.41, 5.74) is 7.32. The van der Waals surface area contributed by atoms with Crippen LogP contribution in [0.15, 0.2) is 43.2 Å². The summed E-state index contributed by atoms with van der Waals surface area (Å²) in [6.07, 6.45) is 3.71. The van der Waals surface area contributed by atoms with Crippen molar-refractivity contribution >= 4 is 11.6 Å². The van der Waals surface area contributed by atoms with E-state index in [1.807, 2.05) is 35.9 Å². The molecule has 0 spiro atoms. The van der Waals surface area contributed by atoms with Crippen LogP contribution in [-0.4, -0.2) is 26.7 Å². The molecule has 0 saturated heterocycles. The number of rotatable bonds is 5. The first-order valence-corrected chi connectivity index (χ1v) is 6.23. The fourth-order valence-corrected chi connectivity index (χ4v) is 1.77. The number of nitrogens with one attached hydrogen (secondary N) is 1. The number of benzene rings is 1. The number of nitrogens with two attached hydrogens (primary N) is 1. The molecular formula is C14H17N5O. The molecule has 20 heavy (non-hydrogen) atoms. The lowest BCUT2D eigenvalue weighted by Gasteiger charge is -2.10. The molecule has 2 rings (SSSR count). The highest BCUT2D eigenvalue weighted by Crippen LogP contribution is 2.18. The van der Waals surface area contributed by atoms with Crippen LogP contribution in [0.5, 0.6) is 0 Å². The third-order valence-corrected chi connectivity index (χ3v) is 2.88. The number of carbonyl (C=O) groups is 1. The quantitative estimate of drug-likeness (QED) is 0.803. The first kappa shape index (κ1) is 14.0. The number of anilines is 1. The van der Waals surface area contributed by atoms with E-state index in [1.165, 1.54) is 0 Å². The molecule has 1 heterocycles. The van der Waals surface area contributed by atoms with E-state index in [0.29, 0.717) is 12.1 Å². The molecule has 1 aromatic carbocycles. The Labute approximate surface area is 117 Å². The second-order valence-electron chi connectivity index (χ2n) is 4.46. The van der Waals surface area contributed by atoms with Gasteiger partial charge in [0.25, 0.3) is 0 Å². The molecule has 1 aromatic heterocycles. The van der Waals surface area contributed by atoms with Gasteiger partial charge >= 0.3 is 0 Å². The molecule has 0 saturated carbocycles. The Bertz CT molecular complexity index is 602. The molecule has 104 valence electrons. The lowest BCUT2D eigenvalue weighted by atomic mass is 10.1. The van der Waals surface area contributed by atoms with Crippen molar-refractivity contribution in [3.05, 3.63) is 43.2 Å². The largest absolute Gasteiger partial charge is 0.325 e. The van der Waals surface area contributed by atoms with Crippen LogP contribution < -0.4 is 11.1 Å². The molecule has 0 radical (unpaired) electrons. The van der Waals surface area contributed by atoms with Crippen LogP contribution in [0.2, 0.25) is 0 Å². The van der Waals surface area contributed by atoms with E-state index in [0.717, 1.165) is 11.4 Å². The summed E-state index contributed by atoms with van der Waals surface area (Å²) in [7, 11) is 1.87. The maximum Gasteiger partial charge on any atom is 0.241 e. The molecule has 1 atom stereocenters. The van der Waals surface area contributed by atoms with Crippen LogP contribution in [-0.2, 0) is 11.8 Å². The summed E-state index contributed by atoms with van der Waals surface area (Å²) in [5, 5.41) is 10.6. The van der Waals surface area contributed by atoms with E-state index in [1.54, 1.807) is 12.4 Å². The van der Waals surface area contributed by atoms with Gasteiger partial charge in [0.1, 0.15) is 6.33 Å². The number of aromatic nitrogens is 3. The van der Waals surface area contributed by atoms with Gasteiger partial charge in [-0.05, 0) is 30.7 Å². The number of aryl methyl sites for hydroxylation is 1. The number of amides is 1. The third kappa shape index (κ3) is 3.10. The zero-order chi connectivity index (χ0) is 14.5. The zero-order valence-corrected chi connectivity index (χ0v) is 11.3. The van der Waals surface area contributed by atoms with Gasteiger partial charge in [-0.1, -0.05) is 6.08 Å². The first-order chi connectivity index (χ1) is 9.61. The highest BCUT2D eigenvalue weighted by molar-refractivity contribution is 5.94. The number of nitrogens with zero attached hydrogens (tertiary/aromatic N) is 3. The molecule has 2 aromatic rings. The van der Waals surface area contributed by atoms with Crippen LogP contribution in [0.1, 0.15) is 6.42 Å². The summed E-state index contributed by atoms with van der Waals surface area (Å²) < 4.78 is 1.83. The average molecular weight is 271 g/mol. The van der Waals surface area contributed by atoms with Crippen LogP contribution in [0.3, 0.4) is 0 Å². The molecule has 0 fully saturated rings. The maximum absolute atomic E-state index is 11.8. The summed E-state index contributed by atoms with van der Waals surface area (Å²) in [6.45, 7) is 3.56. The molecule has 3 N–H and O–H groups in total. The van der Waals surface area contributed by atoms with Gasteiger partial charge in [0.05, 0.1) is 6.04 Å². The summed E-state index contributed by atoms with van der Waals surface area (Å²) in [5.74, 6) is 0.544. The maximum atomic E-state index is 11.8. The van der Waals surface area contributed by atoms with E-state index in [9.17, 15) is 4.79 Å². The summed E-state index contributed by atoms with van der Waals surface area (Å²) in [6, 6.07) is 6.79. The Morgan fingerprint density at radius 2 is 2.20 bits per heavy atom. The average Bonchev–Trinajstić information content (AvgIpc) is 2.86.